The van der Waals surface area contributed by atoms with Gasteiger partial charge in [-0.25, -0.2) is 9.78 Å². The van der Waals surface area contributed by atoms with Crippen molar-refractivity contribution in [2.75, 3.05) is 17.7 Å². The van der Waals surface area contributed by atoms with Crippen LogP contribution in [0.25, 0.3) is 0 Å². The molecule has 7 nitrogen and oxygen atoms in total. The van der Waals surface area contributed by atoms with Crippen LogP contribution in [0.5, 0.6) is 0 Å². The summed E-state index contributed by atoms with van der Waals surface area (Å²) in [5.41, 5.74) is 4.90. The molecule has 1 fully saturated rings. The van der Waals surface area contributed by atoms with Gasteiger partial charge in [-0.2, -0.15) is 0 Å². The van der Waals surface area contributed by atoms with E-state index in [0.29, 0.717) is 5.69 Å². The number of aryl methyl sites for hydroxylation is 3. The second-order valence-corrected chi connectivity index (χ2v) is 8.34. The van der Waals surface area contributed by atoms with Gasteiger partial charge in [-0.05, 0) is 63.8 Å². The third kappa shape index (κ3) is 5.61. The molecular weight excluding hydrogens is 388 g/mol. The predicted molar refractivity (Wildman–Crippen MR) is 114 cm³/mol. The number of hydrogen-bond donors (Lipinski definition) is 2. The molecule has 1 aliphatic heterocycles. The molecule has 1 saturated heterocycles. The lowest BCUT2D eigenvalue weighted by Gasteiger charge is -2.14. The van der Waals surface area contributed by atoms with Crippen molar-refractivity contribution in [2.45, 2.75) is 58.3 Å². The van der Waals surface area contributed by atoms with Crippen LogP contribution < -0.4 is 10.6 Å². The Kier molecular flexibility index (Phi) is 6.97. The van der Waals surface area contributed by atoms with Gasteiger partial charge in [-0.1, -0.05) is 17.8 Å². The quantitative estimate of drug-likeness (QED) is 0.701. The molecule has 29 heavy (non-hydrogen) atoms. The number of aromatic nitrogens is 2. The predicted octanol–water partition coefficient (Wildman–Crippen LogP) is 3.74. The van der Waals surface area contributed by atoms with Gasteiger partial charge in [0.1, 0.15) is 0 Å². The number of ether oxygens (including phenoxy) is 1. The summed E-state index contributed by atoms with van der Waals surface area (Å²) in [6.45, 7) is 9.51. The maximum Gasteiger partial charge on any atom is 0.325 e. The molecule has 8 heteroatoms. The van der Waals surface area contributed by atoms with Crippen molar-refractivity contribution in [3.8, 4) is 0 Å². The molecule has 0 unspecified atom stereocenters. The first-order valence-electron chi connectivity index (χ1n) is 9.79. The molecule has 2 aromatic rings. The van der Waals surface area contributed by atoms with E-state index in [4.69, 9.17) is 4.74 Å². The monoisotopic (exact) mass is 416 g/mol. The SMILES string of the molecule is Cc1ccc(NC(=O)NC(=O)CSc2nc(C)c(C)n2C[C@H]2CCCO2)cc1C. The Morgan fingerprint density at radius 1 is 1.24 bits per heavy atom. The number of imide groups is 1. The lowest BCUT2D eigenvalue weighted by molar-refractivity contribution is -0.117. The van der Waals surface area contributed by atoms with Gasteiger partial charge in [0.2, 0.25) is 5.91 Å². The number of hydrogen-bond acceptors (Lipinski definition) is 5. The van der Waals surface area contributed by atoms with Crippen LogP contribution in [-0.4, -0.2) is 40.0 Å². The second kappa shape index (κ2) is 9.45. The maximum absolute atomic E-state index is 12.2. The molecule has 1 aromatic heterocycles. The van der Waals surface area contributed by atoms with Crippen molar-refractivity contribution in [1.29, 1.82) is 0 Å². The van der Waals surface area contributed by atoms with E-state index in [2.05, 4.69) is 20.2 Å². The summed E-state index contributed by atoms with van der Waals surface area (Å²) in [6.07, 6.45) is 2.32. The highest BCUT2D eigenvalue weighted by Crippen LogP contribution is 2.24. The summed E-state index contributed by atoms with van der Waals surface area (Å²) >= 11 is 1.33. The summed E-state index contributed by atoms with van der Waals surface area (Å²) < 4.78 is 7.85. The third-order valence-electron chi connectivity index (χ3n) is 5.18. The number of anilines is 1. The summed E-state index contributed by atoms with van der Waals surface area (Å²) in [5.74, 6) is -0.250. The van der Waals surface area contributed by atoms with Crippen LogP contribution >= 0.6 is 11.8 Å². The number of rotatable bonds is 6. The Morgan fingerprint density at radius 3 is 2.72 bits per heavy atom. The summed E-state index contributed by atoms with van der Waals surface area (Å²) in [7, 11) is 0. The van der Waals surface area contributed by atoms with Gasteiger partial charge in [0.05, 0.1) is 24.1 Å². The fraction of sp³-hybridized carbons (Fsp3) is 0.476. The molecule has 2 N–H and O–H groups in total. The largest absolute Gasteiger partial charge is 0.376 e. The highest BCUT2D eigenvalue weighted by atomic mass is 32.2. The van der Waals surface area contributed by atoms with Crippen LogP contribution in [0.15, 0.2) is 23.4 Å². The van der Waals surface area contributed by atoms with Crippen molar-refractivity contribution in [2.24, 2.45) is 0 Å². The lowest BCUT2D eigenvalue weighted by Crippen LogP contribution is -2.35. The van der Waals surface area contributed by atoms with Crippen molar-refractivity contribution < 1.29 is 14.3 Å². The zero-order chi connectivity index (χ0) is 21.0. The Morgan fingerprint density at radius 2 is 2.03 bits per heavy atom. The molecule has 156 valence electrons. The number of carbonyl (C=O) groups excluding carboxylic acids is 2. The highest BCUT2D eigenvalue weighted by Gasteiger charge is 2.21. The highest BCUT2D eigenvalue weighted by molar-refractivity contribution is 7.99. The molecule has 3 amide bonds. The maximum atomic E-state index is 12.2. The van der Waals surface area contributed by atoms with Crippen molar-refractivity contribution >= 4 is 29.4 Å². The van der Waals surface area contributed by atoms with Crippen molar-refractivity contribution in [3.63, 3.8) is 0 Å². The zero-order valence-electron chi connectivity index (χ0n) is 17.4. The molecule has 1 aromatic carbocycles. The molecule has 0 saturated carbocycles. The van der Waals surface area contributed by atoms with E-state index in [9.17, 15) is 9.59 Å². The lowest BCUT2D eigenvalue weighted by atomic mass is 10.1. The minimum atomic E-state index is -0.533. The molecule has 0 radical (unpaired) electrons. The van der Waals surface area contributed by atoms with E-state index in [1.807, 2.05) is 45.9 Å². The van der Waals surface area contributed by atoms with Crippen LogP contribution in [0, 0.1) is 27.7 Å². The van der Waals surface area contributed by atoms with E-state index in [0.717, 1.165) is 53.7 Å². The first-order valence-corrected chi connectivity index (χ1v) is 10.8. The van der Waals surface area contributed by atoms with Gasteiger partial charge in [-0.3, -0.25) is 10.1 Å². The molecule has 0 aliphatic carbocycles. The van der Waals surface area contributed by atoms with Crippen LogP contribution in [0.3, 0.4) is 0 Å². The van der Waals surface area contributed by atoms with Crippen LogP contribution in [0.1, 0.15) is 35.4 Å². The number of nitrogens with one attached hydrogen (secondary N) is 2. The fourth-order valence-electron chi connectivity index (χ4n) is 3.22. The van der Waals surface area contributed by atoms with Crippen LogP contribution in [0.2, 0.25) is 0 Å². The molecule has 0 spiro atoms. The molecule has 1 aliphatic rings. The minimum absolute atomic E-state index is 0.113. The zero-order valence-corrected chi connectivity index (χ0v) is 18.2. The van der Waals surface area contributed by atoms with Gasteiger partial charge >= 0.3 is 6.03 Å². The molecule has 0 bridgehead atoms. The summed E-state index contributed by atoms with van der Waals surface area (Å²) in [6, 6.07) is 5.09. The molecular formula is C21H28N4O3S. The Hall–Kier alpha value is -2.32. The third-order valence-corrected chi connectivity index (χ3v) is 6.16. The van der Waals surface area contributed by atoms with E-state index >= 15 is 0 Å². The fourth-order valence-corrected chi connectivity index (χ4v) is 4.12. The smallest absolute Gasteiger partial charge is 0.325 e. The number of urea groups is 1. The second-order valence-electron chi connectivity index (χ2n) is 7.40. The number of thioether (sulfide) groups is 1. The first kappa shape index (κ1) is 21.4. The molecule has 3 rings (SSSR count). The summed E-state index contributed by atoms with van der Waals surface area (Å²) in [5, 5.41) is 5.85. The molecule has 2 heterocycles. The first-order chi connectivity index (χ1) is 13.8. The van der Waals surface area contributed by atoms with Gasteiger partial charge in [0.25, 0.3) is 0 Å². The number of imidazole rings is 1. The standard InChI is InChI=1S/C21H28N4O3S/c1-13-7-8-17(10-14(13)2)23-20(27)24-19(26)12-29-21-22-15(3)16(4)25(21)11-18-6-5-9-28-18/h7-8,10,18H,5-6,9,11-12H2,1-4H3,(H2,23,24,26,27)/t18-/m1/s1. The number of carbonyl (C=O) groups is 2. The minimum Gasteiger partial charge on any atom is -0.376 e. The van der Waals surface area contributed by atoms with Gasteiger partial charge < -0.3 is 14.6 Å². The number of benzene rings is 1. The Balaban J connectivity index is 1.54. The van der Waals surface area contributed by atoms with Crippen molar-refractivity contribution in [1.82, 2.24) is 14.9 Å². The van der Waals surface area contributed by atoms with E-state index < -0.39 is 6.03 Å². The number of amides is 3. The van der Waals surface area contributed by atoms with Crippen molar-refractivity contribution in [3.05, 3.63) is 40.7 Å². The van der Waals surface area contributed by atoms with E-state index in [1.165, 1.54) is 11.8 Å². The average Bonchev–Trinajstić information content (AvgIpc) is 3.27. The average molecular weight is 417 g/mol. The normalized spacial score (nSPS) is 16.1. The summed E-state index contributed by atoms with van der Waals surface area (Å²) in [4.78, 5) is 28.9. The van der Waals surface area contributed by atoms with E-state index in [-0.39, 0.29) is 17.8 Å². The van der Waals surface area contributed by atoms with Gasteiger partial charge in [0.15, 0.2) is 5.16 Å². The topological polar surface area (TPSA) is 85.3 Å². The Labute approximate surface area is 175 Å². The number of nitrogens with zero attached hydrogens (tertiary/aromatic N) is 2. The van der Waals surface area contributed by atoms with Gasteiger partial charge in [0, 0.05) is 18.0 Å². The Bertz CT molecular complexity index is 904. The molecule has 1 atom stereocenters. The van der Waals surface area contributed by atoms with E-state index in [1.54, 1.807) is 0 Å². The van der Waals surface area contributed by atoms with Gasteiger partial charge in [-0.15, -0.1) is 0 Å². The van der Waals surface area contributed by atoms with Crippen LogP contribution in [-0.2, 0) is 16.1 Å². The van der Waals surface area contributed by atoms with Crippen LogP contribution in [0.4, 0.5) is 10.5 Å².